The molecule has 7 rings (SSSR count). The zero-order chi connectivity index (χ0) is 35.1. The van der Waals surface area contributed by atoms with Gasteiger partial charge in [-0.05, 0) is 97.0 Å². The number of carbonyl (C=O) groups excluding carboxylic acids is 3. The van der Waals surface area contributed by atoms with Gasteiger partial charge in [0.25, 0.3) is 11.8 Å². The number of anilines is 1. The first-order chi connectivity index (χ1) is 24.1. The molecular formula is C42H42N4O4. The Morgan fingerprint density at radius 3 is 2.26 bits per heavy atom. The van der Waals surface area contributed by atoms with Crippen LogP contribution in [0.25, 0.3) is 11.3 Å². The number of aromatic nitrogens is 1. The second-order valence-electron chi connectivity index (χ2n) is 13.6. The van der Waals surface area contributed by atoms with Crippen molar-refractivity contribution in [3.63, 3.8) is 0 Å². The predicted octanol–water partition coefficient (Wildman–Crippen LogP) is 6.70. The summed E-state index contributed by atoms with van der Waals surface area (Å²) >= 11 is 0. The standard InChI is InChI=1S/C42H42N4O4/c1-27-20-30-12-8-9-13-32(30)26-46(27)42(50)38-23-33-25-45(40(48)21-29-10-6-5-7-11-29)19-18-31(33)22-37(38)39-24-36(28(2)43(39)3)41(49)44(4)34-14-16-35(47)17-15-34/h5-17,22-24,27,47H,18-21,25-26H2,1-4H3/t27-/m1/s1. The lowest BCUT2D eigenvalue weighted by atomic mass is 9.89. The Hall–Kier alpha value is -5.63. The van der Waals surface area contributed by atoms with Gasteiger partial charge >= 0.3 is 0 Å². The third-order valence-corrected chi connectivity index (χ3v) is 10.5. The number of fused-ring (bicyclic) bond motifs is 2. The number of rotatable bonds is 6. The first-order valence-corrected chi connectivity index (χ1v) is 17.2. The molecule has 1 N–H and O–H groups in total. The maximum absolute atomic E-state index is 14.8. The summed E-state index contributed by atoms with van der Waals surface area (Å²) in [5, 5.41) is 9.76. The third kappa shape index (κ3) is 6.17. The molecule has 0 saturated heterocycles. The van der Waals surface area contributed by atoms with E-state index in [-0.39, 0.29) is 29.5 Å². The Bertz CT molecular complexity index is 2100. The zero-order valence-corrected chi connectivity index (χ0v) is 29.0. The number of hydrogen-bond donors (Lipinski definition) is 1. The summed E-state index contributed by atoms with van der Waals surface area (Å²) in [6, 6.07) is 30.6. The van der Waals surface area contributed by atoms with Crippen LogP contribution in [-0.4, -0.2) is 56.8 Å². The Morgan fingerprint density at radius 2 is 1.52 bits per heavy atom. The quantitative estimate of drug-likeness (QED) is 0.219. The number of phenolic OH excluding ortho intramolecular Hbond substituents is 1. The topological polar surface area (TPSA) is 86.1 Å². The number of phenols is 1. The van der Waals surface area contributed by atoms with Gasteiger partial charge < -0.3 is 24.4 Å². The van der Waals surface area contributed by atoms with Gasteiger partial charge in [-0.15, -0.1) is 0 Å². The Balaban J connectivity index is 1.27. The Kier molecular flexibility index (Phi) is 8.78. The molecule has 8 heteroatoms. The van der Waals surface area contributed by atoms with Crippen molar-refractivity contribution in [3.05, 3.63) is 142 Å². The number of benzene rings is 4. The molecule has 2 aliphatic heterocycles. The molecule has 5 aromatic rings. The van der Waals surface area contributed by atoms with Crippen LogP contribution in [0.4, 0.5) is 5.69 Å². The number of hydrogen-bond acceptors (Lipinski definition) is 4. The minimum atomic E-state index is -0.185. The monoisotopic (exact) mass is 666 g/mol. The summed E-state index contributed by atoms with van der Waals surface area (Å²) in [6.07, 6.45) is 1.78. The normalized spacial score (nSPS) is 15.3. The van der Waals surface area contributed by atoms with Crippen LogP contribution in [0.5, 0.6) is 5.75 Å². The van der Waals surface area contributed by atoms with Crippen LogP contribution >= 0.6 is 0 Å². The van der Waals surface area contributed by atoms with E-state index in [1.54, 1.807) is 36.2 Å². The molecule has 3 heterocycles. The highest BCUT2D eigenvalue weighted by Gasteiger charge is 2.32. The van der Waals surface area contributed by atoms with Crippen LogP contribution in [0.15, 0.2) is 97.1 Å². The number of aromatic hydroxyl groups is 1. The van der Waals surface area contributed by atoms with Gasteiger partial charge in [0.15, 0.2) is 0 Å². The molecule has 0 unspecified atom stereocenters. The minimum Gasteiger partial charge on any atom is -0.508 e. The predicted molar refractivity (Wildman–Crippen MR) is 195 cm³/mol. The van der Waals surface area contributed by atoms with Gasteiger partial charge in [0.2, 0.25) is 5.91 Å². The fourth-order valence-electron chi connectivity index (χ4n) is 7.35. The van der Waals surface area contributed by atoms with E-state index in [2.05, 4.69) is 25.1 Å². The molecule has 1 aromatic heterocycles. The number of amides is 3. The van der Waals surface area contributed by atoms with Crippen LogP contribution < -0.4 is 4.90 Å². The minimum absolute atomic E-state index is 0.00326. The van der Waals surface area contributed by atoms with Crippen molar-refractivity contribution in [2.45, 2.75) is 52.2 Å². The van der Waals surface area contributed by atoms with Crippen molar-refractivity contribution >= 4 is 23.4 Å². The van der Waals surface area contributed by atoms with Crippen LogP contribution in [0.2, 0.25) is 0 Å². The first-order valence-electron chi connectivity index (χ1n) is 17.2. The fraction of sp³-hybridized carbons (Fsp3) is 0.262. The van der Waals surface area contributed by atoms with Gasteiger partial charge in [-0.1, -0.05) is 54.6 Å². The molecule has 3 amide bonds. The van der Waals surface area contributed by atoms with E-state index in [0.717, 1.165) is 45.6 Å². The molecule has 0 radical (unpaired) electrons. The van der Waals surface area contributed by atoms with Gasteiger partial charge in [-0.2, -0.15) is 0 Å². The molecule has 1 atom stereocenters. The number of carbonyl (C=O) groups is 3. The Labute approximate surface area is 293 Å². The summed E-state index contributed by atoms with van der Waals surface area (Å²) in [5.41, 5.74) is 9.58. The molecule has 0 fully saturated rings. The highest BCUT2D eigenvalue weighted by molar-refractivity contribution is 6.08. The smallest absolute Gasteiger partial charge is 0.259 e. The zero-order valence-electron chi connectivity index (χ0n) is 29.0. The highest BCUT2D eigenvalue weighted by atomic mass is 16.3. The van der Waals surface area contributed by atoms with Gasteiger partial charge in [-0.3, -0.25) is 14.4 Å². The highest BCUT2D eigenvalue weighted by Crippen LogP contribution is 2.36. The van der Waals surface area contributed by atoms with E-state index in [0.29, 0.717) is 49.3 Å². The molecule has 50 heavy (non-hydrogen) atoms. The summed E-state index contributed by atoms with van der Waals surface area (Å²) in [6.45, 7) is 5.56. The van der Waals surface area contributed by atoms with Crippen LogP contribution in [0.3, 0.4) is 0 Å². The molecule has 0 spiro atoms. The lowest BCUT2D eigenvalue weighted by molar-refractivity contribution is -0.131. The van der Waals surface area contributed by atoms with Crippen molar-refractivity contribution in [2.24, 2.45) is 7.05 Å². The molecule has 4 aromatic carbocycles. The number of nitrogens with zero attached hydrogens (tertiary/aromatic N) is 4. The summed E-state index contributed by atoms with van der Waals surface area (Å²) in [4.78, 5) is 47.5. The Morgan fingerprint density at radius 1 is 0.820 bits per heavy atom. The molecule has 2 aliphatic rings. The third-order valence-electron chi connectivity index (χ3n) is 10.5. The van der Waals surface area contributed by atoms with E-state index < -0.39 is 0 Å². The maximum atomic E-state index is 14.8. The first kappa shape index (κ1) is 32.9. The van der Waals surface area contributed by atoms with Gasteiger partial charge in [0, 0.05) is 68.0 Å². The van der Waals surface area contributed by atoms with Gasteiger partial charge in [0.1, 0.15) is 5.75 Å². The second kappa shape index (κ2) is 13.3. The molecule has 0 bridgehead atoms. The summed E-state index contributed by atoms with van der Waals surface area (Å²) < 4.78 is 1.99. The van der Waals surface area contributed by atoms with Crippen molar-refractivity contribution in [2.75, 3.05) is 18.5 Å². The maximum Gasteiger partial charge on any atom is 0.259 e. The SMILES string of the molecule is Cc1c(C(=O)N(C)c2ccc(O)cc2)cc(-c2cc3c(cc2C(=O)N2Cc4ccccc4C[C@H]2C)CN(C(=O)Cc2ccccc2)CC3)n1C. The van der Waals surface area contributed by atoms with Crippen LogP contribution in [-0.2, 0) is 44.2 Å². The summed E-state index contributed by atoms with van der Waals surface area (Å²) in [5.74, 6) is -0.0493. The van der Waals surface area contributed by atoms with E-state index in [1.807, 2.05) is 82.9 Å². The van der Waals surface area contributed by atoms with Crippen molar-refractivity contribution in [1.82, 2.24) is 14.4 Å². The lowest BCUT2D eigenvalue weighted by Crippen LogP contribution is -2.43. The van der Waals surface area contributed by atoms with Crippen molar-refractivity contribution in [1.29, 1.82) is 0 Å². The van der Waals surface area contributed by atoms with Gasteiger partial charge in [0.05, 0.1) is 12.0 Å². The van der Waals surface area contributed by atoms with Crippen LogP contribution in [0, 0.1) is 6.92 Å². The molecule has 0 aliphatic carbocycles. The molecular weight excluding hydrogens is 624 g/mol. The second-order valence-corrected chi connectivity index (χ2v) is 13.6. The molecule has 0 saturated carbocycles. The average molecular weight is 667 g/mol. The fourth-order valence-corrected chi connectivity index (χ4v) is 7.35. The van der Waals surface area contributed by atoms with E-state index in [9.17, 15) is 19.5 Å². The summed E-state index contributed by atoms with van der Waals surface area (Å²) in [7, 11) is 3.65. The van der Waals surface area contributed by atoms with Crippen molar-refractivity contribution in [3.8, 4) is 17.0 Å². The molecule has 8 nitrogen and oxygen atoms in total. The van der Waals surface area contributed by atoms with E-state index in [1.165, 1.54) is 5.56 Å². The van der Waals surface area contributed by atoms with E-state index in [4.69, 9.17) is 0 Å². The average Bonchev–Trinajstić information content (AvgIpc) is 3.43. The largest absolute Gasteiger partial charge is 0.508 e. The molecule has 254 valence electrons. The van der Waals surface area contributed by atoms with Crippen molar-refractivity contribution < 1.29 is 19.5 Å². The van der Waals surface area contributed by atoms with E-state index >= 15 is 0 Å². The van der Waals surface area contributed by atoms with Crippen LogP contribution in [0.1, 0.15) is 61.2 Å². The lowest BCUT2D eigenvalue weighted by Gasteiger charge is -2.36. The van der Waals surface area contributed by atoms with Gasteiger partial charge in [-0.25, -0.2) is 0 Å².